The molecule has 148 valence electrons. The summed E-state index contributed by atoms with van der Waals surface area (Å²) in [6.45, 7) is 1.73. The molecule has 8 heteroatoms. The zero-order chi connectivity index (χ0) is 21.0. The van der Waals surface area contributed by atoms with Crippen molar-refractivity contribution in [3.63, 3.8) is 0 Å². The summed E-state index contributed by atoms with van der Waals surface area (Å²) < 4.78 is 19.6. The van der Waals surface area contributed by atoms with Crippen LogP contribution >= 0.6 is 0 Å². The number of ketones is 1. The van der Waals surface area contributed by atoms with Gasteiger partial charge in [0, 0.05) is 12.6 Å². The minimum Gasteiger partial charge on any atom is -0.495 e. The number of pyridine rings is 1. The van der Waals surface area contributed by atoms with Gasteiger partial charge < -0.3 is 10.1 Å². The van der Waals surface area contributed by atoms with E-state index in [9.17, 15) is 14.0 Å². The average molecular weight is 394 g/mol. The Morgan fingerprint density at radius 1 is 1.38 bits per heavy atom. The SMILES string of the molecule is CCC(=O)c1ccc(F)c(/C=C2\CC2NC(=O)Nc2ccc(C#N)cn2)c1OC. The van der Waals surface area contributed by atoms with Crippen LogP contribution in [0, 0.1) is 17.1 Å². The number of anilines is 1. The third-order valence-corrected chi connectivity index (χ3v) is 4.47. The number of hydrogen-bond acceptors (Lipinski definition) is 5. The van der Waals surface area contributed by atoms with E-state index in [1.807, 2.05) is 6.07 Å². The van der Waals surface area contributed by atoms with Crippen molar-refractivity contribution in [2.75, 3.05) is 12.4 Å². The van der Waals surface area contributed by atoms with E-state index in [2.05, 4.69) is 15.6 Å². The van der Waals surface area contributed by atoms with Gasteiger partial charge >= 0.3 is 6.03 Å². The molecule has 1 aliphatic rings. The Bertz CT molecular complexity index is 1030. The molecule has 29 heavy (non-hydrogen) atoms. The van der Waals surface area contributed by atoms with Crippen molar-refractivity contribution < 1.29 is 18.7 Å². The standard InChI is InChI=1S/C21H19FN4O3/c1-3-18(27)14-5-6-16(22)15(20(14)29-2)8-13-9-17(13)25-21(28)26-19-7-4-12(10-23)11-24-19/h4-8,11,17H,3,9H2,1-2H3,(H2,24,25,26,28)/b13-8+. The van der Waals surface area contributed by atoms with Crippen LogP contribution in [-0.2, 0) is 0 Å². The van der Waals surface area contributed by atoms with E-state index in [1.165, 1.54) is 31.5 Å². The van der Waals surface area contributed by atoms with Crippen LogP contribution in [0.4, 0.5) is 15.0 Å². The highest BCUT2D eigenvalue weighted by Gasteiger charge is 2.32. The van der Waals surface area contributed by atoms with Crippen LogP contribution in [-0.4, -0.2) is 29.9 Å². The number of carbonyl (C=O) groups is 2. The predicted octanol–water partition coefficient (Wildman–Crippen LogP) is 3.67. The van der Waals surface area contributed by atoms with Crippen molar-refractivity contribution in [1.29, 1.82) is 5.26 Å². The molecule has 1 aromatic heterocycles. The maximum atomic E-state index is 14.3. The van der Waals surface area contributed by atoms with Crippen molar-refractivity contribution in [1.82, 2.24) is 10.3 Å². The number of urea groups is 1. The van der Waals surface area contributed by atoms with Crippen LogP contribution in [0.1, 0.15) is 41.3 Å². The van der Waals surface area contributed by atoms with Crippen molar-refractivity contribution in [3.05, 3.63) is 58.5 Å². The first-order valence-electron chi connectivity index (χ1n) is 9.00. The predicted molar refractivity (Wildman–Crippen MR) is 105 cm³/mol. The Balaban J connectivity index is 1.70. The fourth-order valence-corrected chi connectivity index (χ4v) is 2.85. The Hall–Kier alpha value is -3.73. The number of nitriles is 1. The van der Waals surface area contributed by atoms with Crippen LogP contribution in [0.5, 0.6) is 5.75 Å². The van der Waals surface area contributed by atoms with Gasteiger partial charge in [-0.25, -0.2) is 14.2 Å². The molecule has 2 aromatic rings. The highest BCUT2D eigenvalue weighted by atomic mass is 19.1. The summed E-state index contributed by atoms with van der Waals surface area (Å²) in [4.78, 5) is 28.1. The number of amides is 2. The van der Waals surface area contributed by atoms with Crippen LogP contribution in [0.15, 0.2) is 36.0 Å². The monoisotopic (exact) mass is 394 g/mol. The largest absolute Gasteiger partial charge is 0.495 e. The molecule has 0 spiro atoms. The highest BCUT2D eigenvalue weighted by molar-refractivity contribution is 5.99. The number of ether oxygens (including phenoxy) is 1. The van der Waals surface area contributed by atoms with Crippen LogP contribution in [0.2, 0.25) is 0 Å². The molecular weight excluding hydrogens is 375 g/mol. The topological polar surface area (TPSA) is 104 Å². The quantitative estimate of drug-likeness (QED) is 0.728. The molecule has 2 amide bonds. The maximum Gasteiger partial charge on any atom is 0.320 e. The molecular formula is C21H19FN4O3. The van der Waals surface area contributed by atoms with E-state index in [-0.39, 0.29) is 29.6 Å². The number of carbonyl (C=O) groups excluding carboxylic acids is 2. The molecule has 1 saturated carbocycles. The third kappa shape index (κ3) is 4.58. The maximum absolute atomic E-state index is 14.3. The fraction of sp³-hybridized carbons (Fsp3) is 0.238. The van der Waals surface area contributed by atoms with Crippen LogP contribution in [0.3, 0.4) is 0 Å². The Labute approximate surface area is 167 Å². The number of benzene rings is 1. The van der Waals surface area contributed by atoms with Crippen molar-refractivity contribution in [2.45, 2.75) is 25.8 Å². The molecule has 2 N–H and O–H groups in total. The van der Waals surface area contributed by atoms with Gasteiger partial charge in [-0.3, -0.25) is 10.1 Å². The third-order valence-electron chi connectivity index (χ3n) is 4.47. The Morgan fingerprint density at radius 2 is 2.17 bits per heavy atom. The minimum absolute atomic E-state index is 0.138. The zero-order valence-corrected chi connectivity index (χ0v) is 16.0. The lowest BCUT2D eigenvalue weighted by Gasteiger charge is -2.11. The van der Waals surface area contributed by atoms with Gasteiger partial charge in [0.15, 0.2) is 5.78 Å². The number of hydrogen-bond donors (Lipinski definition) is 2. The van der Waals surface area contributed by atoms with E-state index in [0.29, 0.717) is 23.4 Å². The first kappa shape index (κ1) is 20.0. The molecule has 7 nitrogen and oxygen atoms in total. The Kier molecular flexibility index (Phi) is 5.88. The van der Waals surface area contributed by atoms with Crippen molar-refractivity contribution in [3.8, 4) is 11.8 Å². The van der Waals surface area contributed by atoms with Crippen molar-refractivity contribution >= 4 is 23.7 Å². The van der Waals surface area contributed by atoms with Gasteiger partial charge in [-0.05, 0) is 42.3 Å². The molecule has 0 radical (unpaired) electrons. The normalized spacial score (nSPS) is 16.1. The number of aromatic nitrogens is 1. The second kappa shape index (κ2) is 8.52. The minimum atomic E-state index is -0.501. The molecule has 0 saturated heterocycles. The van der Waals surface area contributed by atoms with Crippen LogP contribution in [0.25, 0.3) is 6.08 Å². The first-order valence-corrected chi connectivity index (χ1v) is 9.00. The molecule has 0 bridgehead atoms. The lowest BCUT2D eigenvalue weighted by molar-refractivity contribution is 0.0985. The summed E-state index contributed by atoms with van der Waals surface area (Å²) in [7, 11) is 1.39. The van der Waals surface area contributed by atoms with E-state index in [0.717, 1.165) is 5.57 Å². The van der Waals surface area contributed by atoms with Gasteiger partial charge in [0.2, 0.25) is 0 Å². The fourth-order valence-electron chi connectivity index (χ4n) is 2.85. The molecule has 1 aromatic carbocycles. The van der Waals surface area contributed by atoms with E-state index < -0.39 is 11.8 Å². The number of nitrogens with zero attached hydrogens (tertiary/aromatic N) is 2. The summed E-state index contributed by atoms with van der Waals surface area (Å²) >= 11 is 0. The molecule has 1 atom stereocenters. The van der Waals surface area contributed by atoms with Gasteiger partial charge in [0.05, 0.1) is 29.8 Å². The van der Waals surface area contributed by atoms with Gasteiger partial charge in [-0.2, -0.15) is 5.26 Å². The summed E-state index contributed by atoms with van der Waals surface area (Å²) in [5.74, 6) is -0.132. The summed E-state index contributed by atoms with van der Waals surface area (Å²) in [6, 6.07) is 6.97. The van der Waals surface area contributed by atoms with Gasteiger partial charge in [0.25, 0.3) is 0 Å². The smallest absolute Gasteiger partial charge is 0.320 e. The van der Waals surface area contributed by atoms with Crippen LogP contribution < -0.4 is 15.4 Å². The highest BCUT2D eigenvalue weighted by Crippen LogP contribution is 2.36. The van der Waals surface area contributed by atoms with Gasteiger partial charge in [0.1, 0.15) is 23.5 Å². The molecule has 1 heterocycles. The van der Waals surface area contributed by atoms with Gasteiger partial charge in [-0.15, -0.1) is 0 Å². The number of halogens is 1. The van der Waals surface area contributed by atoms with E-state index >= 15 is 0 Å². The van der Waals surface area contributed by atoms with E-state index in [4.69, 9.17) is 10.00 Å². The van der Waals surface area contributed by atoms with Gasteiger partial charge in [-0.1, -0.05) is 6.92 Å². The zero-order valence-electron chi connectivity index (χ0n) is 16.0. The molecule has 3 rings (SSSR count). The number of methoxy groups -OCH3 is 1. The molecule has 0 aliphatic heterocycles. The Morgan fingerprint density at radius 3 is 2.79 bits per heavy atom. The lowest BCUT2D eigenvalue weighted by atomic mass is 10.0. The number of nitrogens with one attached hydrogen (secondary N) is 2. The second-order valence-electron chi connectivity index (χ2n) is 6.44. The summed E-state index contributed by atoms with van der Waals surface area (Å²) in [5.41, 5.74) is 1.73. The molecule has 1 unspecified atom stereocenters. The number of rotatable bonds is 6. The first-order chi connectivity index (χ1) is 14.0. The molecule has 1 aliphatic carbocycles. The summed E-state index contributed by atoms with van der Waals surface area (Å²) in [6.07, 6.45) is 3.80. The molecule has 1 fully saturated rings. The second-order valence-corrected chi connectivity index (χ2v) is 6.44. The van der Waals surface area contributed by atoms with Crippen molar-refractivity contribution in [2.24, 2.45) is 0 Å². The number of Topliss-reactive ketones (excluding diaryl/α,β-unsaturated/α-hetero) is 1. The summed E-state index contributed by atoms with van der Waals surface area (Å²) in [5, 5.41) is 14.1. The lowest BCUT2D eigenvalue weighted by Crippen LogP contribution is -2.30. The average Bonchev–Trinajstić information content (AvgIpc) is 3.46. The van der Waals surface area contributed by atoms with E-state index in [1.54, 1.807) is 19.1 Å².